The van der Waals surface area contributed by atoms with Crippen LogP contribution in [0, 0.1) is 0 Å². The lowest BCUT2D eigenvalue weighted by Gasteiger charge is -2.18. The number of hydrogen-bond donors (Lipinski definition) is 0. The zero-order valence-electron chi connectivity index (χ0n) is 12.9. The van der Waals surface area contributed by atoms with E-state index in [1.54, 1.807) is 0 Å². The van der Waals surface area contributed by atoms with Gasteiger partial charge in [0.25, 0.3) is 0 Å². The van der Waals surface area contributed by atoms with Crippen LogP contribution in [0.2, 0.25) is 0 Å². The average molecular weight is 285 g/mol. The first-order chi connectivity index (χ1) is 10.8. The zero-order chi connectivity index (χ0) is 14.7. The molecule has 1 aliphatic carbocycles. The van der Waals surface area contributed by atoms with Crippen LogP contribution in [-0.2, 0) is 12.8 Å². The Morgan fingerprint density at radius 3 is 2.77 bits per heavy atom. The number of nitrogens with zero attached hydrogens (tertiary/aromatic N) is 1. The molecule has 0 fully saturated rings. The van der Waals surface area contributed by atoms with E-state index in [1.165, 1.54) is 57.2 Å². The molecule has 0 amide bonds. The summed E-state index contributed by atoms with van der Waals surface area (Å²) in [6.45, 7) is 4.53. The van der Waals surface area contributed by atoms with Crippen LogP contribution in [0.1, 0.15) is 23.6 Å². The van der Waals surface area contributed by atoms with Crippen molar-refractivity contribution in [1.82, 2.24) is 0 Å². The lowest BCUT2D eigenvalue weighted by molar-refractivity contribution is 0.868. The first-order valence-corrected chi connectivity index (χ1v) is 8.27. The lowest BCUT2D eigenvalue weighted by Crippen LogP contribution is -2.19. The monoisotopic (exact) mass is 285 g/mol. The van der Waals surface area contributed by atoms with Crippen LogP contribution < -0.4 is 4.90 Å². The van der Waals surface area contributed by atoms with Gasteiger partial charge in [-0.05, 0) is 70.5 Å². The molecular formula is C21H19N. The fourth-order valence-electron chi connectivity index (χ4n) is 4.24. The molecule has 3 aromatic rings. The van der Waals surface area contributed by atoms with Gasteiger partial charge >= 0.3 is 0 Å². The summed E-state index contributed by atoms with van der Waals surface area (Å²) >= 11 is 0. The minimum absolute atomic E-state index is 1.08. The molecule has 0 bridgehead atoms. The van der Waals surface area contributed by atoms with E-state index in [2.05, 4.69) is 60.4 Å². The molecule has 2 aliphatic rings. The second-order valence-electron chi connectivity index (χ2n) is 6.46. The molecule has 1 aliphatic heterocycles. The highest BCUT2D eigenvalue weighted by Crippen LogP contribution is 2.42. The average Bonchev–Trinajstić information content (AvgIpc) is 3.13. The Balaban J connectivity index is 1.78. The van der Waals surface area contributed by atoms with Crippen molar-refractivity contribution >= 4 is 16.5 Å². The molecule has 0 unspecified atom stereocenters. The van der Waals surface area contributed by atoms with Gasteiger partial charge in [-0.25, -0.2) is 0 Å². The third-order valence-corrected chi connectivity index (χ3v) is 5.38. The van der Waals surface area contributed by atoms with Crippen LogP contribution in [0.15, 0.2) is 48.5 Å². The van der Waals surface area contributed by atoms with Crippen molar-refractivity contribution in [2.24, 2.45) is 0 Å². The van der Waals surface area contributed by atoms with E-state index in [1.807, 2.05) is 0 Å². The molecular weight excluding hydrogens is 266 g/mol. The van der Waals surface area contributed by atoms with Gasteiger partial charge < -0.3 is 4.90 Å². The van der Waals surface area contributed by atoms with Crippen LogP contribution in [0.25, 0.3) is 21.9 Å². The third kappa shape index (κ3) is 1.54. The summed E-state index contributed by atoms with van der Waals surface area (Å²) in [5, 5.41) is 2.86. The Morgan fingerprint density at radius 2 is 1.86 bits per heavy atom. The maximum Gasteiger partial charge on any atom is 0.0405 e. The summed E-state index contributed by atoms with van der Waals surface area (Å²) < 4.78 is 0. The third-order valence-electron chi connectivity index (χ3n) is 5.38. The van der Waals surface area contributed by atoms with Crippen LogP contribution >= 0.6 is 0 Å². The Bertz CT molecular complexity index is 907. The maximum absolute atomic E-state index is 2.51. The molecule has 0 radical (unpaired) electrons. The summed E-state index contributed by atoms with van der Waals surface area (Å²) in [6.07, 6.45) is 2.27. The number of rotatable bonds is 1. The molecule has 1 heteroatoms. The minimum Gasteiger partial charge on any atom is -0.371 e. The highest BCUT2D eigenvalue weighted by Gasteiger charge is 2.23. The quantitative estimate of drug-likeness (QED) is 0.486. The van der Waals surface area contributed by atoms with Crippen molar-refractivity contribution in [3.8, 4) is 11.1 Å². The molecule has 1 nitrogen and oxygen atoms in total. The van der Waals surface area contributed by atoms with Crippen LogP contribution in [0.4, 0.5) is 5.69 Å². The minimum atomic E-state index is 1.08. The topological polar surface area (TPSA) is 3.24 Å². The second kappa shape index (κ2) is 4.36. The van der Waals surface area contributed by atoms with Crippen LogP contribution in [-0.4, -0.2) is 13.1 Å². The Hall–Kier alpha value is -2.28. The lowest BCUT2D eigenvalue weighted by atomic mass is 9.96. The molecule has 0 spiro atoms. The van der Waals surface area contributed by atoms with Crippen molar-refractivity contribution in [2.75, 3.05) is 18.0 Å². The molecule has 1 heterocycles. The molecule has 22 heavy (non-hydrogen) atoms. The van der Waals surface area contributed by atoms with Crippen molar-refractivity contribution in [3.05, 3.63) is 65.2 Å². The van der Waals surface area contributed by atoms with Gasteiger partial charge in [-0.1, -0.05) is 36.4 Å². The predicted molar refractivity (Wildman–Crippen MR) is 93.8 cm³/mol. The van der Waals surface area contributed by atoms with Gasteiger partial charge in [0.2, 0.25) is 0 Å². The SMILES string of the molecule is CCN1CCc2cc3ccc4c(c3cc21)Cc1ccccc1-4. The highest BCUT2D eigenvalue weighted by molar-refractivity contribution is 5.97. The predicted octanol–water partition coefficient (Wildman–Crippen LogP) is 4.79. The summed E-state index contributed by atoms with van der Waals surface area (Å²) in [6, 6.07) is 18.3. The zero-order valence-corrected chi connectivity index (χ0v) is 12.9. The molecule has 0 saturated carbocycles. The molecule has 0 atom stereocenters. The molecule has 108 valence electrons. The van der Waals surface area contributed by atoms with E-state index < -0.39 is 0 Å². The first kappa shape index (κ1) is 12.3. The van der Waals surface area contributed by atoms with Gasteiger partial charge in [0.1, 0.15) is 0 Å². The number of hydrogen-bond acceptors (Lipinski definition) is 1. The fourth-order valence-corrected chi connectivity index (χ4v) is 4.24. The van der Waals surface area contributed by atoms with Crippen molar-refractivity contribution in [3.63, 3.8) is 0 Å². The van der Waals surface area contributed by atoms with Gasteiger partial charge in [0, 0.05) is 18.8 Å². The highest BCUT2D eigenvalue weighted by atomic mass is 15.1. The summed E-state index contributed by atoms with van der Waals surface area (Å²) in [4.78, 5) is 2.51. The van der Waals surface area contributed by atoms with Gasteiger partial charge in [-0.3, -0.25) is 0 Å². The molecule has 0 saturated heterocycles. The van der Waals surface area contributed by atoms with E-state index in [4.69, 9.17) is 0 Å². The summed E-state index contributed by atoms with van der Waals surface area (Å²) in [5.74, 6) is 0. The van der Waals surface area contributed by atoms with Crippen LogP contribution in [0.3, 0.4) is 0 Å². The number of likely N-dealkylation sites (N-methyl/N-ethyl adjacent to an activating group) is 1. The molecule has 5 rings (SSSR count). The number of anilines is 1. The largest absolute Gasteiger partial charge is 0.371 e. The summed E-state index contributed by atoms with van der Waals surface area (Å²) in [7, 11) is 0. The maximum atomic E-state index is 2.51. The van der Waals surface area contributed by atoms with Crippen molar-refractivity contribution < 1.29 is 0 Å². The molecule has 0 aromatic heterocycles. The normalized spacial score (nSPS) is 15.0. The van der Waals surface area contributed by atoms with E-state index in [0.29, 0.717) is 0 Å². The molecule has 0 N–H and O–H groups in total. The van der Waals surface area contributed by atoms with Crippen molar-refractivity contribution in [2.45, 2.75) is 19.8 Å². The first-order valence-electron chi connectivity index (χ1n) is 8.27. The second-order valence-corrected chi connectivity index (χ2v) is 6.46. The van der Waals surface area contributed by atoms with Crippen molar-refractivity contribution in [1.29, 1.82) is 0 Å². The summed E-state index contributed by atoms with van der Waals surface area (Å²) in [5.41, 5.74) is 8.82. The van der Waals surface area contributed by atoms with E-state index in [-0.39, 0.29) is 0 Å². The Morgan fingerprint density at radius 1 is 0.955 bits per heavy atom. The fraction of sp³-hybridized carbons (Fsp3) is 0.238. The van der Waals surface area contributed by atoms with E-state index >= 15 is 0 Å². The van der Waals surface area contributed by atoms with Gasteiger partial charge in [0.15, 0.2) is 0 Å². The number of benzene rings is 3. The van der Waals surface area contributed by atoms with Gasteiger partial charge in [0.05, 0.1) is 0 Å². The Labute approximate surface area is 131 Å². The standard InChI is InChI=1S/C21H19N/c1-2-22-10-9-16-11-15-7-8-18-17-6-4-3-5-14(17)12-20(18)19(15)13-21(16)22/h3-8,11,13H,2,9-10,12H2,1H3. The van der Waals surface area contributed by atoms with E-state index in [0.717, 1.165) is 13.0 Å². The smallest absolute Gasteiger partial charge is 0.0405 e. The molecule has 3 aromatic carbocycles. The van der Waals surface area contributed by atoms with Crippen LogP contribution in [0.5, 0.6) is 0 Å². The Kier molecular flexibility index (Phi) is 2.43. The van der Waals surface area contributed by atoms with Gasteiger partial charge in [-0.2, -0.15) is 0 Å². The number of fused-ring (bicyclic) bond motifs is 6. The van der Waals surface area contributed by atoms with E-state index in [9.17, 15) is 0 Å². The van der Waals surface area contributed by atoms with Gasteiger partial charge in [-0.15, -0.1) is 0 Å².